The van der Waals surface area contributed by atoms with E-state index < -0.39 is 16.6 Å². The van der Waals surface area contributed by atoms with Gasteiger partial charge in [0.2, 0.25) is 0 Å². The largest absolute Gasteiger partial charge is 0.456 e. The molecule has 0 spiro atoms. The highest BCUT2D eigenvalue weighted by Gasteiger charge is 2.60. The molecule has 0 aliphatic heterocycles. The average molecular weight is 335 g/mol. The molecule has 4 aliphatic carbocycles. The minimum Gasteiger partial charge on any atom is -0.456 e. The minimum atomic E-state index is -1.44. The van der Waals surface area contributed by atoms with E-state index in [4.69, 9.17) is 4.12 Å². The van der Waals surface area contributed by atoms with Gasteiger partial charge in [-0.3, -0.25) is 0 Å². The van der Waals surface area contributed by atoms with Crippen molar-refractivity contribution < 1.29 is 4.12 Å². The molecular formula is C19H34OSi2. The van der Waals surface area contributed by atoms with E-state index in [0.717, 1.165) is 41.4 Å². The summed E-state index contributed by atoms with van der Waals surface area (Å²) in [6, 6.07) is 1.40. The highest BCUT2D eigenvalue weighted by molar-refractivity contribution is 6.84. The molecule has 0 saturated heterocycles. The fourth-order valence-corrected chi connectivity index (χ4v) is 15.0. The molecule has 0 N–H and O–H groups in total. The third-order valence-corrected chi connectivity index (χ3v) is 13.3. The second-order valence-electron chi connectivity index (χ2n) is 10.3. The van der Waals surface area contributed by atoms with Crippen LogP contribution in [0.4, 0.5) is 0 Å². The average Bonchev–Trinajstić information content (AvgIpc) is 3.11. The van der Waals surface area contributed by atoms with Crippen molar-refractivity contribution in [3.05, 3.63) is 12.2 Å². The molecule has 0 radical (unpaired) electrons. The Morgan fingerprint density at radius 1 is 0.909 bits per heavy atom. The van der Waals surface area contributed by atoms with Gasteiger partial charge in [-0.05, 0) is 99.5 Å². The van der Waals surface area contributed by atoms with E-state index in [1.54, 1.807) is 12.8 Å². The maximum absolute atomic E-state index is 6.57. The first-order valence-electron chi connectivity index (χ1n) is 9.62. The fraction of sp³-hybridized carbons (Fsp3) is 0.895. The molecule has 4 aliphatic rings. The van der Waals surface area contributed by atoms with Crippen LogP contribution in [0.2, 0.25) is 38.8 Å². The van der Waals surface area contributed by atoms with E-state index in [2.05, 4.69) is 44.9 Å². The van der Waals surface area contributed by atoms with Crippen LogP contribution >= 0.6 is 0 Å². The van der Waals surface area contributed by atoms with Crippen LogP contribution in [0.3, 0.4) is 0 Å². The molecular weight excluding hydrogens is 300 g/mol. The van der Waals surface area contributed by atoms with Gasteiger partial charge in [-0.2, -0.15) is 0 Å². The zero-order valence-corrected chi connectivity index (χ0v) is 17.1. The van der Waals surface area contributed by atoms with E-state index in [1.165, 1.54) is 18.9 Å². The van der Waals surface area contributed by atoms with Gasteiger partial charge in [0.25, 0.3) is 0 Å². The SMILES string of the molecule is C[Si](C)(C)O[Si](C)(C)CCC1CC2CC1C1C3C=CC(C3)C21. The summed E-state index contributed by atoms with van der Waals surface area (Å²) in [5.74, 6) is 7.33. The molecule has 0 aromatic rings. The molecule has 4 bridgehead atoms. The number of fused-ring (bicyclic) bond motifs is 9. The maximum atomic E-state index is 6.57. The first kappa shape index (κ1) is 15.6. The monoisotopic (exact) mass is 334 g/mol. The van der Waals surface area contributed by atoms with Crippen LogP contribution in [0.1, 0.15) is 25.7 Å². The number of allylic oxidation sites excluding steroid dienone is 2. The Kier molecular flexibility index (Phi) is 3.60. The number of hydrogen-bond acceptors (Lipinski definition) is 1. The van der Waals surface area contributed by atoms with Crippen LogP contribution in [-0.2, 0) is 4.12 Å². The Bertz CT molecular complexity index is 478. The van der Waals surface area contributed by atoms with E-state index in [9.17, 15) is 0 Å². The van der Waals surface area contributed by atoms with Crippen LogP contribution in [-0.4, -0.2) is 16.6 Å². The summed E-state index contributed by atoms with van der Waals surface area (Å²) in [6.45, 7) is 12.0. The van der Waals surface area contributed by atoms with Crippen molar-refractivity contribution in [1.29, 1.82) is 0 Å². The second kappa shape index (κ2) is 5.06. The van der Waals surface area contributed by atoms with Gasteiger partial charge in [-0.1, -0.05) is 18.6 Å². The van der Waals surface area contributed by atoms with Crippen molar-refractivity contribution in [2.45, 2.75) is 64.5 Å². The third-order valence-electron chi connectivity index (χ3n) is 7.11. The lowest BCUT2D eigenvalue weighted by Gasteiger charge is -2.38. The van der Waals surface area contributed by atoms with E-state index in [0.29, 0.717) is 0 Å². The van der Waals surface area contributed by atoms with Gasteiger partial charge in [0.15, 0.2) is 16.6 Å². The van der Waals surface area contributed by atoms with Gasteiger partial charge < -0.3 is 4.12 Å². The molecule has 3 heteroatoms. The molecule has 1 nitrogen and oxygen atoms in total. The first-order chi connectivity index (χ1) is 10.2. The molecule has 0 heterocycles. The molecule has 3 fully saturated rings. The topological polar surface area (TPSA) is 9.23 Å². The molecule has 22 heavy (non-hydrogen) atoms. The summed E-state index contributed by atoms with van der Waals surface area (Å²) in [5.41, 5.74) is 0. The highest BCUT2D eigenvalue weighted by atomic mass is 28.4. The summed E-state index contributed by atoms with van der Waals surface area (Å²) in [7, 11) is -2.80. The summed E-state index contributed by atoms with van der Waals surface area (Å²) < 4.78 is 6.57. The summed E-state index contributed by atoms with van der Waals surface area (Å²) in [6.07, 6.45) is 11.3. The normalized spacial score (nSPS) is 45.8. The van der Waals surface area contributed by atoms with E-state index in [1.807, 2.05) is 0 Å². The lowest BCUT2D eigenvalue weighted by Crippen LogP contribution is -2.42. The van der Waals surface area contributed by atoms with Crippen LogP contribution in [0.25, 0.3) is 0 Å². The molecule has 0 amide bonds. The van der Waals surface area contributed by atoms with Gasteiger partial charge in [0.1, 0.15) is 0 Å². The van der Waals surface area contributed by atoms with Crippen molar-refractivity contribution in [1.82, 2.24) is 0 Å². The smallest absolute Gasteiger partial charge is 0.173 e. The molecule has 3 saturated carbocycles. The zero-order chi connectivity index (χ0) is 15.7. The van der Waals surface area contributed by atoms with Gasteiger partial charge in [-0.15, -0.1) is 0 Å². The van der Waals surface area contributed by atoms with Crippen molar-refractivity contribution in [2.24, 2.45) is 41.4 Å². The predicted molar refractivity (Wildman–Crippen MR) is 98.8 cm³/mol. The molecule has 124 valence electrons. The van der Waals surface area contributed by atoms with Crippen molar-refractivity contribution in [2.75, 3.05) is 0 Å². The molecule has 7 unspecified atom stereocenters. The second-order valence-corrected chi connectivity index (χ2v) is 19.3. The number of hydrogen-bond donors (Lipinski definition) is 0. The lowest BCUT2D eigenvalue weighted by atomic mass is 9.69. The van der Waals surface area contributed by atoms with Crippen molar-refractivity contribution >= 4 is 16.6 Å². The van der Waals surface area contributed by atoms with Crippen LogP contribution in [0, 0.1) is 41.4 Å². The highest BCUT2D eigenvalue weighted by Crippen LogP contribution is 2.67. The first-order valence-corrected chi connectivity index (χ1v) is 16.1. The zero-order valence-electron chi connectivity index (χ0n) is 15.1. The van der Waals surface area contributed by atoms with E-state index in [-0.39, 0.29) is 0 Å². The van der Waals surface area contributed by atoms with Gasteiger partial charge >= 0.3 is 0 Å². The quantitative estimate of drug-likeness (QED) is 0.365. The molecule has 0 aromatic carbocycles. The van der Waals surface area contributed by atoms with Crippen LogP contribution in [0.5, 0.6) is 0 Å². The van der Waals surface area contributed by atoms with Crippen LogP contribution in [0.15, 0.2) is 12.2 Å². The van der Waals surface area contributed by atoms with Gasteiger partial charge in [0, 0.05) is 0 Å². The third kappa shape index (κ3) is 2.61. The molecule has 0 aromatic heterocycles. The summed E-state index contributed by atoms with van der Waals surface area (Å²) >= 11 is 0. The number of rotatable bonds is 5. The van der Waals surface area contributed by atoms with Crippen molar-refractivity contribution in [3.63, 3.8) is 0 Å². The predicted octanol–water partition coefficient (Wildman–Crippen LogP) is 5.53. The van der Waals surface area contributed by atoms with Crippen molar-refractivity contribution in [3.8, 4) is 0 Å². The summed E-state index contributed by atoms with van der Waals surface area (Å²) in [4.78, 5) is 0. The lowest BCUT2D eigenvalue weighted by molar-refractivity contribution is 0.146. The maximum Gasteiger partial charge on any atom is 0.173 e. The Balaban J connectivity index is 1.37. The van der Waals surface area contributed by atoms with E-state index >= 15 is 0 Å². The Morgan fingerprint density at radius 3 is 2.27 bits per heavy atom. The molecule has 4 rings (SSSR count). The fourth-order valence-electron chi connectivity index (χ4n) is 6.90. The Labute approximate surface area is 139 Å². The summed E-state index contributed by atoms with van der Waals surface area (Å²) in [5, 5.41) is 0. The minimum absolute atomic E-state index is 0.969. The Morgan fingerprint density at radius 2 is 1.59 bits per heavy atom. The van der Waals surface area contributed by atoms with Gasteiger partial charge in [0.05, 0.1) is 0 Å². The van der Waals surface area contributed by atoms with Crippen LogP contribution < -0.4 is 0 Å². The Hall–Kier alpha value is 0.134. The standard InChI is InChI=1S/C19H34OSi2/c1-21(2,3)20-22(4,5)9-8-13-10-16-12-17(13)19-15-7-6-14(11-15)18(16)19/h6-7,13-19H,8-12H2,1-5H3. The van der Waals surface area contributed by atoms with Gasteiger partial charge in [-0.25, -0.2) is 0 Å². The molecule has 7 atom stereocenters.